The molecule has 1 spiro atoms. The molecule has 3 aliphatic carbocycles. The first kappa shape index (κ1) is 15.2. The SMILES string of the molecule is CC1(COc2cc3nnc(Br)n3cc2C2CC2)CCC2(CC1)CC2. The number of aromatic nitrogens is 3. The van der Waals surface area contributed by atoms with Crippen LogP contribution in [-0.2, 0) is 0 Å². The number of fused-ring (bicyclic) bond motifs is 1. The van der Waals surface area contributed by atoms with Gasteiger partial charge in [0.15, 0.2) is 5.65 Å². The van der Waals surface area contributed by atoms with Gasteiger partial charge in [0.05, 0.1) is 6.61 Å². The summed E-state index contributed by atoms with van der Waals surface area (Å²) < 4.78 is 9.17. The molecule has 0 saturated heterocycles. The molecule has 24 heavy (non-hydrogen) atoms. The maximum atomic E-state index is 6.39. The van der Waals surface area contributed by atoms with Crippen LogP contribution in [0.2, 0.25) is 0 Å². The molecule has 2 heterocycles. The summed E-state index contributed by atoms with van der Waals surface area (Å²) in [6.45, 7) is 3.24. The van der Waals surface area contributed by atoms with Gasteiger partial charge in [-0.2, -0.15) is 0 Å². The lowest BCUT2D eigenvalue weighted by atomic mass is 9.71. The Bertz CT molecular complexity index is 781. The summed E-state index contributed by atoms with van der Waals surface area (Å²) in [6.07, 6.45) is 13.0. The number of hydrogen-bond acceptors (Lipinski definition) is 3. The highest BCUT2D eigenvalue weighted by Crippen LogP contribution is 2.59. The lowest BCUT2D eigenvalue weighted by Crippen LogP contribution is -2.31. The van der Waals surface area contributed by atoms with Crippen molar-refractivity contribution in [2.45, 2.75) is 64.2 Å². The largest absolute Gasteiger partial charge is 0.493 e. The summed E-state index contributed by atoms with van der Waals surface area (Å²) in [6, 6.07) is 2.07. The molecule has 0 radical (unpaired) electrons. The molecule has 0 amide bonds. The fourth-order valence-corrected chi connectivity index (χ4v) is 4.55. The Morgan fingerprint density at radius 3 is 2.54 bits per heavy atom. The van der Waals surface area contributed by atoms with Gasteiger partial charge in [0.2, 0.25) is 4.73 Å². The van der Waals surface area contributed by atoms with Crippen molar-refractivity contribution in [2.24, 2.45) is 10.8 Å². The van der Waals surface area contributed by atoms with Crippen molar-refractivity contribution in [3.05, 3.63) is 22.6 Å². The van der Waals surface area contributed by atoms with E-state index in [0.717, 1.165) is 28.2 Å². The molecule has 3 aliphatic rings. The molecule has 128 valence electrons. The topological polar surface area (TPSA) is 39.4 Å². The number of ether oxygens (including phenoxy) is 1. The van der Waals surface area contributed by atoms with Gasteiger partial charge in [0.25, 0.3) is 0 Å². The smallest absolute Gasteiger partial charge is 0.204 e. The minimum absolute atomic E-state index is 0.328. The van der Waals surface area contributed by atoms with Crippen molar-refractivity contribution in [1.82, 2.24) is 14.6 Å². The number of hydrogen-bond donors (Lipinski definition) is 0. The molecule has 0 unspecified atom stereocenters. The molecule has 2 aromatic rings. The predicted octanol–water partition coefficient (Wildman–Crippen LogP) is 5.11. The molecule has 0 bridgehead atoms. The Morgan fingerprint density at radius 1 is 1.17 bits per heavy atom. The Hall–Kier alpha value is -1.10. The van der Waals surface area contributed by atoms with Crippen molar-refractivity contribution < 1.29 is 4.74 Å². The monoisotopic (exact) mass is 389 g/mol. The van der Waals surface area contributed by atoms with E-state index >= 15 is 0 Å². The van der Waals surface area contributed by atoms with Gasteiger partial charge in [-0.1, -0.05) is 6.92 Å². The second-order valence-corrected chi connectivity index (χ2v) is 9.37. The van der Waals surface area contributed by atoms with E-state index in [2.05, 4.69) is 45.3 Å². The molecular weight excluding hydrogens is 366 g/mol. The minimum Gasteiger partial charge on any atom is -0.493 e. The minimum atomic E-state index is 0.328. The maximum Gasteiger partial charge on any atom is 0.204 e. The highest BCUT2D eigenvalue weighted by molar-refractivity contribution is 9.10. The average molecular weight is 390 g/mol. The van der Waals surface area contributed by atoms with E-state index < -0.39 is 0 Å². The van der Waals surface area contributed by atoms with Crippen LogP contribution in [0.1, 0.15) is 69.8 Å². The van der Waals surface area contributed by atoms with Gasteiger partial charge in [0.1, 0.15) is 5.75 Å². The summed E-state index contributed by atoms with van der Waals surface area (Å²) >= 11 is 3.47. The van der Waals surface area contributed by atoms with Crippen LogP contribution in [0, 0.1) is 10.8 Å². The summed E-state index contributed by atoms with van der Waals surface area (Å²) in [5.41, 5.74) is 3.24. The quantitative estimate of drug-likeness (QED) is 0.729. The number of nitrogens with zero attached hydrogens (tertiary/aromatic N) is 3. The van der Waals surface area contributed by atoms with Gasteiger partial charge in [-0.05, 0) is 78.6 Å². The van der Waals surface area contributed by atoms with Gasteiger partial charge in [-0.3, -0.25) is 4.40 Å². The molecule has 0 atom stereocenters. The van der Waals surface area contributed by atoms with Crippen LogP contribution in [0.4, 0.5) is 0 Å². The van der Waals surface area contributed by atoms with Crippen molar-refractivity contribution in [1.29, 1.82) is 0 Å². The maximum absolute atomic E-state index is 6.39. The van der Waals surface area contributed by atoms with Crippen LogP contribution in [0.15, 0.2) is 17.0 Å². The summed E-state index contributed by atoms with van der Waals surface area (Å²) in [4.78, 5) is 0. The second kappa shape index (κ2) is 5.20. The molecule has 0 N–H and O–H groups in total. The highest BCUT2D eigenvalue weighted by Gasteiger charge is 2.48. The van der Waals surface area contributed by atoms with Crippen molar-refractivity contribution in [2.75, 3.05) is 6.61 Å². The van der Waals surface area contributed by atoms with Gasteiger partial charge in [-0.25, -0.2) is 0 Å². The Kier molecular flexibility index (Phi) is 3.29. The van der Waals surface area contributed by atoms with E-state index in [1.165, 1.54) is 56.9 Å². The van der Waals surface area contributed by atoms with Crippen molar-refractivity contribution in [3.8, 4) is 5.75 Å². The van der Waals surface area contributed by atoms with E-state index in [1.807, 2.05) is 4.40 Å². The number of halogens is 1. The molecule has 5 heteroatoms. The van der Waals surface area contributed by atoms with Gasteiger partial charge < -0.3 is 4.74 Å². The van der Waals surface area contributed by atoms with Crippen LogP contribution in [0.25, 0.3) is 5.65 Å². The van der Waals surface area contributed by atoms with Crippen LogP contribution in [-0.4, -0.2) is 21.2 Å². The lowest BCUT2D eigenvalue weighted by Gasteiger charge is -2.37. The third-order valence-electron chi connectivity index (χ3n) is 6.56. The average Bonchev–Trinajstić information content (AvgIpc) is 3.50. The van der Waals surface area contributed by atoms with Crippen molar-refractivity contribution in [3.63, 3.8) is 0 Å². The lowest BCUT2D eigenvalue weighted by molar-refractivity contribution is 0.0872. The zero-order valence-electron chi connectivity index (χ0n) is 14.2. The molecule has 0 aliphatic heterocycles. The standard InChI is InChI=1S/C19H24BrN3O/c1-18(4-6-19(7-5-18)8-9-19)12-24-15-10-16-21-22-17(20)23(16)11-14(15)13-2-3-13/h10-11,13H,2-9,12H2,1H3. The van der Waals surface area contributed by atoms with Gasteiger partial charge in [0, 0.05) is 23.2 Å². The molecule has 3 fully saturated rings. The predicted molar refractivity (Wildman–Crippen MR) is 96.4 cm³/mol. The van der Waals surface area contributed by atoms with E-state index in [4.69, 9.17) is 4.74 Å². The summed E-state index contributed by atoms with van der Waals surface area (Å²) in [5.74, 6) is 1.67. The number of pyridine rings is 1. The van der Waals surface area contributed by atoms with Crippen LogP contribution in [0.3, 0.4) is 0 Å². The third-order valence-corrected chi connectivity index (χ3v) is 7.10. The molecule has 5 rings (SSSR count). The van der Waals surface area contributed by atoms with E-state index in [1.54, 1.807) is 0 Å². The molecule has 3 saturated carbocycles. The van der Waals surface area contributed by atoms with Gasteiger partial charge >= 0.3 is 0 Å². The zero-order chi connectivity index (χ0) is 16.4. The molecule has 2 aromatic heterocycles. The van der Waals surface area contributed by atoms with Crippen LogP contribution in [0.5, 0.6) is 5.75 Å². The van der Waals surface area contributed by atoms with Crippen LogP contribution < -0.4 is 4.74 Å². The number of rotatable bonds is 4. The second-order valence-electron chi connectivity index (χ2n) is 8.66. The van der Waals surface area contributed by atoms with Gasteiger partial charge in [-0.15, -0.1) is 10.2 Å². The first-order chi connectivity index (χ1) is 11.6. The summed E-state index contributed by atoms with van der Waals surface area (Å²) in [7, 11) is 0. The molecule has 4 nitrogen and oxygen atoms in total. The zero-order valence-corrected chi connectivity index (χ0v) is 15.8. The Morgan fingerprint density at radius 2 is 1.88 bits per heavy atom. The highest BCUT2D eigenvalue weighted by atomic mass is 79.9. The first-order valence-electron chi connectivity index (χ1n) is 9.23. The molecule has 0 aromatic carbocycles. The fourth-order valence-electron chi connectivity index (χ4n) is 4.19. The van der Waals surface area contributed by atoms with Crippen LogP contribution >= 0.6 is 15.9 Å². The third kappa shape index (κ3) is 2.65. The fraction of sp³-hybridized carbons (Fsp3) is 0.684. The normalized spacial score (nSPS) is 24.4. The summed E-state index contributed by atoms with van der Waals surface area (Å²) in [5, 5.41) is 8.34. The Labute approximate surface area is 151 Å². The first-order valence-corrected chi connectivity index (χ1v) is 10.0. The van der Waals surface area contributed by atoms with Crippen molar-refractivity contribution >= 4 is 21.6 Å². The molecular formula is C19H24BrN3O. The Balaban J connectivity index is 1.37. The van der Waals surface area contributed by atoms with E-state index in [0.29, 0.717) is 11.3 Å². The van der Waals surface area contributed by atoms with E-state index in [-0.39, 0.29) is 0 Å². The van der Waals surface area contributed by atoms with E-state index in [9.17, 15) is 0 Å².